The fourth-order valence-electron chi connectivity index (χ4n) is 3.74. The highest BCUT2D eigenvalue weighted by Gasteiger charge is 2.53. The summed E-state index contributed by atoms with van der Waals surface area (Å²) in [6, 6.07) is 0. The summed E-state index contributed by atoms with van der Waals surface area (Å²) in [5, 5.41) is 22.8. The smallest absolute Gasteiger partial charge is 0.312 e. The Morgan fingerprint density at radius 2 is 2.23 bits per heavy atom. The topological polar surface area (TPSA) is 95.9 Å². The van der Waals surface area contributed by atoms with Gasteiger partial charge in [0.2, 0.25) is 5.91 Å². The lowest BCUT2D eigenvalue weighted by Crippen LogP contribution is -2.54. The molecule has 1 amide bonds. The molecular formula is C16H25NO5. The van der Waals surface area contributed by atoms with Crippen molar-refractivity contribution < 1.29 is 24.5 Å². The lowest BCUT2D eigenvalue weighted by atomic mass is 9.61. The number of fused-ring (bicyclic) bond motifs is 1. The zero-order chi connectivity index (χ0) is 16.5. The van der Waals surface area contributed by atoms with Crippen LogP contribution in [-0.2, 0) is 14.3 Å². The number of aliphatic hydroxyl groups is 2. The molecule has 0 saturated heterocycles. The number of aliphatic hydroxyl groups excluding tert-OH is 1. The van der Waals surface area contributed by atoms with Gasteiger partial charge in [0, 0.05) is 7.05 Å². The van der Waals surface area contributed by atoms with Crippen LogP contribution in [0.3, 0.4) is 0 Å². The summed E-state index contributed by atoms with van der Waals surface area (Å²) < 4.78 is 5.19. The fraction of sp³-hybridized carbons (Fsp3) is 0.750. The Kier molecular flexibility index (Phi) is 4.92. The molecule has 124 valence electrons. The van der Waals surface area contributed by atoms with E-state index in [2.05, 4.69) is 19.2 Å². The van der Waals surface area contributed by atoms with Crippen LogP contribution in [0.15, 0.2) is 11.6 Å². The van der Waals surface area contributed by atoms with Crippen molar-refractivity contribution in [1.82, 2.24) is 5.32 Å². The van der Waals surface area contributed by atoms with E-state index in [1.807, 2.05) is 0 Å². The molecule has 6 heteroatoms. The standard InChI is InChI=1S/C16H25NO5/c1-9(2)11-4-5-16(21,8-18)13-12(11)6-10(14(19)17-3)7-22-15(13)20/h6,9,11-13,18,21H,4-5,7-8H2,1-3H3,(H,17,19)/t11-,12-,13-,16-/m1/s1. The molecule has 0 radical (unpaired) electrons. The maximum Gasteiger partial charge on any atom is 0.312 e. The molecule has 0 aromatic rings. The molecular weight excluding hydrogens is 286 g/mol. The van der Waals surface area contributed by atoms with Crippen molar-refractivity contribution in [3.63, 3.8) is 0 Å². The maximum atomic E-state index is 12.4. The molecule has 0 unspecified atom stereocenters. The van der Waals surface area contributed by atoms with Gasteiger partial charge >= 0.3 is 5.97 Å². The zero-order valence-electron chi connectivity index (χ0n) is 13.3. The zero-order valence-corrected chi connectivity index (χ0v) is 13.3. The van der Waals surface area contributed by atoms with Gasteiger partial charge in [-0.05, 0) is 30.6 Å². The highest BCUT2D eigenvalue weighted by atomic mass is 16.5. The van der Waals surface area contributed by atoms with Crippen molar-refractivity contribution in [3.8, 4) is 0 Å². The molecule has 0 spiro atoms. The Hall–Kier alpha value is -1.40. The molecule has 3 N–H and O–H groups in total. The van der Waals surface area contributed by atoms with E-state index in [4.69, 9.17) is 4.74 Å². The molecule has 1 heterocycles. The number of hydrogen-bond acceptors (Lipinski definition) is 5. The van der Waals surface area contributed by atoms with E-state index < -0.39 is 24.1 Å². The van der Waals surface area contributed by atoms with Crippen LogP contribution in [0.4, 0.5) is 0 Å². The highest BCUT2D eigenvalue weighted by Crippen LogP contribution is 2.46. The molecule has 22 heavy (non-hydrogen) atoms. The van der Waals surface area contributed by atoms with Crippen LogP contribution in [-0.4, -0.2) is 48.0 Å². The van der Waals surface area contributed by atoms with Crippen LogP contribution in [0.5, 0.6) is 0 Å². The van der Waals surface area contributed by atoms with E-state index in [1.165, 1.54) is 7.05 Å². The minimum Gasteiger partial charge on any atom is -0.460 e. The molecule has 1 fully saturated rings. The van der Waals surface area contributed by atoms with Crippen LogP contribution in [0.2, 0.25) is 0 Å². The average Bonchev–Trinajstić information content (AvgIpc) is 2.66. The van der Waals surface area contributed by atoms with E-state index in [9.17, 15) is 19.8 Å². The van der Waals surface area contributed by atoms with Crippen molar-refractivity contribution >= 4 is 11.9 Å². The lowest BCUT2D eigenvalue weighted by Gasteiger charge is -2.46. The number of nitrogens with one attached hydrogen (secondary N) is 1. The summed E-state index contributed by atoms with van der Waals surface area (Å²) in [6.45, 7) is 3.54. The first-order valence-corrected chi connectivity index (χ1v) is 7.76. The Morgan fingerprint density at radius 3 is 2.77 bits per heavy atom. The van der Waals surface area contributed by atoms with Gasteiger partial charge in [-0.1, -0.05) is 19.9 Å². The first-order chi connectivity index (χ1) is 10.3. The third-order valence-corrected chi connectivity index (χ3v) is 5.04. The number of likely N-dealkylation sites (N-methyl/N-ethyl adjacent to an activating group) is 1. The van der Waals surface area contributed by atoms with Gasteiger partial charge in [0.25, 0.3) is 0 Å². The summed E-state index contributed by atoms with van der Waals surface area (Å²) in [4.78, 5) is 24.3. The third-order valence-electron chi connectivity index (χ3n) is 5.04. The van der Waals surface area contributed by atoms with E-state index in [1.54, 1.807) is 6.08 Å². The SMILES string of the molecule is CNC(=O)C1=C[C@@H]2[C@@H](C(C)C)CC[C@@](O)(CO)[C@H]2C(=O)OC1. The van der Waals surface area contributed by atoms with Crippen molar-refractivity contribution in [2.24, 2.45) is 23.7 Å². The highest BCUT2D eigenvalue weighted by molar-refractivity contribution is 5.94. The number of hydrogen-bond donors (Lipinski definition) is 3. The first-order valence-electron chi connectivity index (χ1n) is 7.76. The second-order valence-corrected chi connectivity index (χ2v) is 6.64. The molecule has 4 atom stereocenters. The normalized spacial score (nSPS) is 35.3. The number of carbonyl (C=O) groups is 2. The monoisotopic (exact) mass is 311 g/mol. The third kappa shape index (κ3) is 2.90. The van der Waals surface area contributed by atoms with E-state index in [0.717, 1.165) is 0 Å². The second kappa shape index (κ2) is 6.38. The predicted octanol–water partition coefficient (Wildman–Crippen LogP) is 0.237. The van der Waals surface area contributed by atoms with Gasteiger partial charge in [0.05, 0.1) is 18.1 Å². The number of allylic oxidation sites excluding steroid dienone is 1. The predicted molar refractivity (Wildman–Crippen MR) is 79.7 cm³/mol. The van der Waals surface area contributed by atoms with Crippen molar-refractivity contribution in [1.29, 1.82) is 0 Å². The number of carbonyl (C=O) groups excluding carboxylic acids is 2. The van der Waals surface area contributed by atoms with Gasteiger partial charge in [-0.3, -0.25) is 9.59 Å². The molecule has 0 aromatic heterocycles. The van der Waals surface area contributed by atoms with Crippen LogP contribution in [0.1, 0.15) is 26.7 Å². The summed E-state index contributed by atoms with van der Waals surface area (Å²) in [5.41, 5.74) is -1.09. The number of ether oxygens (including phenoxy) is 1. The van der Waals surface area contributed by atoms with E-state index in [0.29, 0.717) is 24.3 Å². The van der Waals surface area contributed by atoms with Crippen LogP contribution in [0.25, 0.3) is 0 Å². The summed E-state index contributed by atoms with van der Waals surface area (Å²) in [5.74, 6) is -1.52. The molecule has 0 aromatic carbocycles. The van der Waals surface area contributed by atoms with E-state index >= 15 is 0 Å². The summed E-state index contributed by atoms with van der Waals surface area (Å²) in [7, 11) is 1.53. The molecule has 2 aliphatic rings. The van der Waals surface area contributed by atoms with Gasteiger partial charge < -0.3 is 20.3 Å². The van der Waals surface area contributed by atoms with Crippen LogP contribution >= 0.6 is 0 Å². The molecule has 6 nitrogen and oxygen atoms in total. The fourth-order valence-corrected chi connectivity index (χ4v) is 3.74. The van der Waals surface area contributed by atoms with Gasteiger partial charge in [-0.25, -0.2) is 0 Å². The average molecular weight is 311 g/mol. The number of cyclic esters (lactones) is 1. The van der Waals surface area contributed by atoms with Crippen LogP contribution in [0, 0.1) is 23.7 Å². The molecule has 2 rings (SSSR count). The Balaban J connectivity index is 2.47. The van der Waals surface area contributed by atoms with Crippen LogP contribution < -0.4 is 5.32 Å². The van der Waals surface area contributed by atoms with Crippen molar-refractivity contribution in [2.45, 2.75) is 32.3 Å². The largest absolute Gasteiger partial charge is 0.460 e. The summed E-state index contributed by atoms with van der Waals surface area (Å²) in [6.07, 6.45) is 2.81. The molecule has 1 saturated carbocycles. The molecule has 1 aliphatic carbocycles. The quantitative estimate of drug-likeness (QED) is 0.649. The van der Waals surface area contributed by atoms with E-state index in [-0.39, 0.29) is 24.3 Å². The lowest BCUT2D eigenvalue weighted by molar-refractivity contribution is -0.174. The summed E-state index contributed by atoms with van der Waals surface area (Å²) >= 11 is 0. The van der Waals surface area contributed by atoms with Gasteiger partial charge in [0.1, 0.15) is 12.2 Å². The van der Waals surface area contributed by atoms with Crippen molar-refractivity contribution in [3.05, 3.63) is 11.6 Å². The van der Waals surface area contributed by atoms with Gasteiger partial charge in [-0.2, -0.15) is 0 Å². The Labute approximate surface area is 130 Å². The molecule has 0 bridgehead atoms. The number of rotatable bonds is 3. The Bertz CT molecular complexity index is 487. The minimum absolute atomic E-state index is 0.0994. The first kappa shape index (κ1) is 17.0. The number of esters is 1. The van der Waals surface area contributed by atoms with Gasteiger partial charge in [0.15, 0.2) is 0 Å². The Morgan fingerprint density at radius 1 is 1.55 bits per heavy atom. The maximum absolute atomic E-state index is 12.4. The second-order valence-electron chi connectivity index (χ2n) is 6.64. The van der Waals surface area contributed by atoms with Crippen molar-refractivity contribution in [2.75, 3.05) is 20.3 Å². The minimum atomic E-state index is -1.48. The number of amides is 1. The molecule has 1 aliphatic heterocycles. The van der Waals surface area contributed by atoms with Gasteiger partial charge in [-0.15, -0.1) is 0 Å².